The molecule has 3 rings (SSSR count). The van der Waals surface area contributed by atoms with E-state index >= 15 is 0 Å². The number of guanidine groups is 1. The predicted molar refractivity (Wildman–Crippen MR) is 78.6 cm³/mol. The third-order valence-electron chi connectivity index (χ3n) is 3.87. The zero-order valence-corrected chi connectivity index (χ0v) is 12.4. The van der Waals surface area contributed by atoms with Gasteiger partial charge in [0.2, 0.25) is 0 Å². The van der Waals surface area contributed by atoms with E-state index in [0.29, 0.717) is 23.5 Å². The van der Waals surface area contributed by atoms with E-state index in [0.717, 1.165) is 18.4 Å². The van der Waals surface area contributed by atoms with Crippen LogP contribution in [0.3, 0.4) is 0 Å². The van der Waals surface area contributed by atoms with E-state index in [-0.39, 0.29) is 5.91 Å². The molecular weight excluding hydrogens is 270 g/mol. The molecule has 0 aromatic heterocycles. The first kappa shape index (κ1) is 13.7. The second-order valence-corrected chi connectivity index (χ2v) is 5.48. The molecule has 1 saturated heterocycles. The smallest absolute Gasteiger partial charge is 0.256 e. The average molecular weight is 289 g/mol. The van der Waals surface area contributed by atoms with Crippen molar-refractivity contribution in [3.05, 3.63) is 23.8 Å². The molecule has 6 heteroatoms. The van der Waals surface area contributed by atoms with Crippen molar-refractivity contribution in [2.45, 2.75) is 31.3 Å². The lowest BCUT2D eigenvalue weighted by Crippen LogP contribution is -2.40. The molecule has 0 spiro atoms. The monoisotopic (exact) mass is 289 g/mol. The maximum Gasteiger partial charge on any atom is 0.256 e. The highest BCUT2D eigenvalue weighted by molar-refractivity contribution is 6.09. The summed E-state index contributed by atoms with van der Waals surface area (Å²) in [7, 11) is 3.16. The number of benzene rings is 1. The number of carbonyl (C=O) groups excluding carboxylic acids is 1. The Bertz CT molecular complexity index is 610. The van der Waals surface area contributed by atoms with Crippen LogP contribution in [-0.4, -0.2) is 32.1 Å². The topological polar surface area (TPSA) is 72.0 Å². The summed E-state index contributed by atoms with van der Waals surface area (Å²) >= 11 is 0. The van der Waals surface area contributed by atoms with Crippen LogP contribution in [0.4, 0.5) is 0 Å². The van der Waals surface area contributed by atoms with Crippen molar-refractivity contribution >= 4 is 11.9 Å². The second-order valence-electron chi connectivity index (χ2n) is 5.48. The van der Waals surface area contributed by atoms with Gasteiger partial charge in [-0.15, -0.1) is 0 Å². The molecule has 2 fully saturated rings. The van der Waals surface area contributed by atoms with E-state index in [1.54, 1.807) is 20.3 Å². The molecule has 112 valence electrons. The van der Waals surface area contributed by atoms with Gasteiger partial charge < -0.3 is 14.8 Å². The maximum absolute atomic E-state index is 12.3. The number of amides is 1. The minimum Gasteiger partial charge on any atom is -0.493 e. The normalized spacial score (nSPS) is 26.4. The highest BCUT2D eigenvalue weighted by Gasteiger charge is 2.43. The number of aliphatic imine (C=N–C) groups is 1. The van der Waals surface area contributed by atoms with Crippen LogP contribution >= 0.6 is 0 Å². The van der Waals surface area contributed by atoms with E-state index in [1.807, 2.05) is 19.1 Å². The molecule has 1 aromatic carbocycles. The van der Waals surface area contributed by atoms with E-state index in [1.165, 1.54) is 0 Å². The van der Waals surface area contributed by atoms with E-state index in [9.17, 15) is 4.79 Å². The molecule has 1 aliphatic heterocycles. The van der Waals surface area contributed by atoms with Gasteiger partial charge in [0.1, 0.15) is 5.54 Å². The molecule has 2 aliphatic rings. The van der Waals surface area contributed by atoms with E-state index < -0.39 is 5.54 Å². The number of ether oxygens (including phenoxy) is 2. The van der Waals surface area contributed by atoms with Crippen LogP contribution in [0.15, 0.2) is 23.2 Å². The number of nitrogens with zero attached hydrogens (tertiary/aromatic N) is 1. The number of rotatable bonds is 4. The minimum atomic E-state index is -0.854. The van der Waals surface area contributed by atoms with Gasteiger partial charge in [-0.25, -0.2) is 4.99 Å². The van der Waals surface area contributed by atoms with Gasteiger partial charge in [-0.1, -0.05) is 6.07 Å². The lowest BCUT2D eigenvalue weighted by molar-refractivity contribution is -0.123. The molecule has 0 radical (unpaired) electrons. The quantitative estimate of drug-likeness (QED) is 0.872. The fraction of sp³-hybridized carbons (Fsp3) is 0.467. The summed E-state index contributed by atoms with van der Waals surface area (Å²) in [6.07, 6.45) is 2.18. The van der Waals surface area contributed by atoms with Crippen LogP contribution in [0.25, 0.3) is 0 Å². The van der Waals surface area contributed by atoms with Crippen LogP contribution in [0, 0.1) is 0 Å². The highest BCUT2D eigenvalue weighted by atomic mass is 16.5. The van der Waals surface area contributed by atoms with Crippen molar-refractivity contribution < 1.29 is 14.3 Å². The highest BCUT2D eigenvalue weighted by Crippen LogP contribution is 2.34. The van der Waals surface area contributed by atoms with Crippen LogP contribution in [0.1, 0.15) is 25.3 Å². The van der Waals surface area contributed by atoms with Gasteiger partial charge in [0.15, 0.2) is 17.5 Å². The van der Waals surface area contributed by atoms with Crippen molar-refractivity contribution in [3.8, 4) is 11.5 Å². The predicted octanol–water partition coefficient (Wildman–Crippen LogP) is 1.16. The number of nitrogens with one attached hydrogen (secondary N) is 2. The van der Waals surface area contributed by atoms with Crippen molar-refractivity contribution in [2.75, 3.05) is 14.2 Å². The largest absolute Gasteiger partial charge is 0.493 e. The maximum atomic E-state index is 12.3. The van der Waals surface area contributed by atoms with Gasteiger partial charge in [-0.2, -0.15) is 0 Å². The number of hydrogen-bond donors (Lipinski definition) is 2. The molecule has 1 unspecified atom stereocenters. The molecule has 6 nitrogen and oxygen atoms in total. The summed E-state index contributed by atoms with van der Waals surface area (Å²) in [6, 6.07) is 5.81. The Kier molecular flexibility index (Phi) is 3.23. The van der Waals surface area contributed by atoms with Crippen molar-refractivity contribution in [2.24, 2.45) is 4.99 Å². The van der Waals surface area contributed by atoms with Crippen LogP contribution in [0.5, 0.6) is 11.5 Å². The van der Waals surface area contributed by atoms with Gasteiger partial charge in [0.25, 0.3) is 5.91 Å². The van der Waals surface area contributed by atoms with E-state index in [2.05, 4.69) is 15.6 Å². The third-order valence-corrected chi connectivity index (χ3v) is 3.87. The minimum absolute atomic E-state index is 0.117. The summed E-state index contributed by atoms with van der Waals surface area (Å²) in [5, 5.41) is 5.99. The van der Waals surface area contributed by atoms with Crippen molar-refractivity contribution in [1.29, 1.82) is 0 Å². The lowest BCUT2D eigenvalue weighted by atomic mass is 9.92. The summed E-state index contributed by atoms with van der Waals surface area (Å²) in [6.45, 7) is 1.83. The lowest BCUT2D eigenvalue weighted by Gasteiger charge is -2.22. The first-order valence-electron chi connectivity index (χ1n) is 6.97. The molecule has 1 saturated carbocycles. The summed E-state index contributed by atoms with van der Waals surface area (Å²) in [5.41, 5.74) is -0.0496. The molecule has 2 N–H and O–H groups in total. The number of hydrogen-bond acceptors (Lipinski definition) is 4. The van der Waals surface area contributed by atoms with Gasteiger partial charge in [-0.3, -0.25) is 10.1 Å². The van der Waals surface area contributed by atoms with Gasteiger partial charge in [-0.05, 0) is 37.5 Å². The first-order chi connectivity index (χ1) is 10.1. The SMILES string of the molecule is COc1ccc(C2(C)NC(=NC3CC3)NC2=O)cc1OC. The molecular formula is C15H19N3O3. The Hall–Kier alpha value is -2.24. The molecule has 1 aromatic rings. The molecule has 1 amide bonds. The Morgan fingerprint density at radius 1 is 1.24 bits per heavy atom. The van der Waals surface area contributed by atoms with Gasteiger partial charge in [0.05, 0.1) is 20.3 Å². The molecule has 21 heavy (non-hydrogen) atoms. The zero-order valence-electron chi connectivity index (χ0n) is 12.4. The standard InChI is InChI=1S/C15H19N3O3/c1-15(9-4-7-11(20-2)12(8-9)21-3)13(19)17-14(18-15)16-10-5-6-10/h4,7-8,10H,5-6H2,1-3H3,(H2,16,17,18,19). The molecule has 0 bridgehead atoms. The average Bonchev–Trinajstić information content (AvgIpc) is 3.24. The Balaban J connectivity index is 1.92. The molecule has 1 heterocycles. The Morgan fingerprint density at radius 3 is 2.57 bits per heavy atom. The van der Waals surface area contributed by atoms with Crippen LogP contribution in [-0.2, 0) is 10.3 Å². The van der Waals surface area contributed by atoms with E-state index in [4.69, 9.17) is 9.47 Å². The summed E-state index contributed by atoms with van der Waals surface area (Å²) < 4.78 is 10.5. The molecule has 1 aliphatic carbocycles. The van der Waals surface area contributed by atoms with Crippen molar-refractivity contribution in [3.63, 3.8) is 0 Å². The fourth-order valence-corrected chi connectivity index (χ4v) is 2.36. The molecule has 1 atom stereocenters. The third kappa shape index (κ3) is 2.41. The summed E-state index contributed by atoms with van der Waals surface area (Å²) in [4.78, 5) is 16.8. The first-order valence-corrected chi connectivity index (χ1v) is 6.97. The van der Waals surface area contributed by atoms with Crippen molar-refractivity contribution in [1.82, 2.24) is 10.6 Å². The second kappa shape index (κ2) is 4.95. The van der Waals surface area contributed by atoms with Gasteiger partial charge >= 0.3 is 0 Å². The fourth-order valence-electron chi connectivity index (χ4n) is 2.36. The van der Waals surface area contributed by atoms with Crippen LogP contribution < -0.4 is 20.1 Å². The summed E-state index contributed by atoms with van der Waals surface area (Å²) in [5.74, 6) is 1.67. The number of methoxy groups -OCH3 is 2. The Morgan fingerprint density at radius 2 is 1.95 bits per heavy atom. The van der Waals surface area contributed by atoms with Gasteiger partial charge in [0, 0.05) is 0 Å². The Labute approximate surface area is 123 Å². The number of carbonyl (C=O) groups is 1. The zero-order chi connectivity index (χ0) is 15.0. The van der Waals surface area contributed by atoms with Crippen LogP contribution in [0.2, 0.25) is 0 Å².